The van der Waals surface area contributed by atoms with Gasteiger partial charge in [-0.05, 0) is 54.1 Å². The van der Waals surface area contributed by atoms with Gasteiger partial charge in [0.1, 0.15) is 5.75 Å². The van der Waals surface area contributed by atoms with Gasteiger partial charge in [0, 0.05) is 48.4 Å². The lowest BCUT2D eigenvalue weighted by molar-refractivity contribution is -0.130. The molecule has 0 saturated heterocycles. The first-order valence-electron chi connectivity index (χ1n) is 9.37. The van der Waals surface area contributed by atoms with E-state index in [1.165, 1.54) is 4.90 Å². The molecule has 30 heavy (non-hydrogen) atoms. The fraction of sp³-hybridized carbons (Fsp3) is 0.174. The molecule has 7 heteroatoms. The monoisotopic (exact) mass is 421 g/mol. The largest absolute Gasteiger partial charge is 0.484 e. The Labute approximate surface area is 180 Å². The Morgan fingerprint density at radius 1 is 1.07 bits per heavy atom. The van der Waals surface area contributed by atoms with Crippen LogP contribution in [0.25, 0.3) is 0 Å². The zero-order chi connectivity index (χ0) is 21.3. The number of nitrogens with zero attached hydrogens (tertiary/aromatic N) is 2. The summed E-state index contributed by atoms with van der Waals surface area (Å²) in [5, 5.41) is 2.88. The summed E-state index contributed by atoms with van der Waals surface area (Å²) in [6.45, 7) is -0.0732. The van der Waals surface area contributed by atoms with E-state index in [0.29, 0.717) is 17.0 Å². The van der Waals surface area contributed by atoms with Crippen LogP contribution in [-0.2, 0) is 10.5 Å². The van der Waals surface area contributed by atoms with Crippen LogP contribution in [-0.4, -0.2) is 42.4 Å². The van der Waals surface area contributed by atoms with Crippen molar-refractivity contribution >= 4 is 29.3 Å². The van der Waals surface area contributed by atoms with Gasteiger partial charge in [-0.15, -0.1) is 11.8 Å². The highest BCUT2D eigenvalue weighted by Crippen LogP contribution is 2.24. The first-order chi connectivity index (χ1) is 14.5. The Balaban J connectivity index is 1.55. The number of aromatic nitrogens is 1. The Morgan fingerprint density at radius 2 is 1.87 bits per heavy atom. The maximum absolute atomic E-state index is 12.6. The summed E-state index contributed by atoms with van der Waals surface area (Å²) in [6.07, 6.45) is 3.62. The molecule has 0 radical (unpaired) electrons. The van der Waals surface area contributed by atoms with E-state index >= 15 is 0 Å². The molecule has 0 aliphatic rings. The summed E-state index contributed by atoms with van der Waals surface area (Å²) in [5.41, 5.74) is 2.33. The molecule has 154 valence electrons. The predicted molar refractivity (Wildman–Crippen MR) is 119 cm³/mol. The second-order valence-corrected chi connectivity index (χ2v) is 7.78. The van der Waals surface area contributed by atoms with Crippen molar-refractivity contribution in [1.82, 2.24) is 9.88 Å². The minimum absolute atomic E-state index is 0.0732. The molecule has 0 atom stereocenters. The minimum atomic E-state index is -0.241. The van der Waals surface area contributed by atoms with E-state index in [1.54, 1.807) is 56.3 Å². The van der Waals surface area contributed by atoms with Crippen molar-refractivity contribution in [2.45, 2.75) is 10.6 Å². The molecule has 0 unspecified atom stereocenters. The van der Waals surface area contributed by atoms with E-state index < -0.39 is 0 Å². The first kappa shape index (κ1) is 21.4. The van der Waals surface area contributed by atoms with E-state index in [9.17, 15) is 9.59 Å². The number of rotatable bonds is 8. The lowest BCUT2D eigenvalue weighted by Crippen LogP contribution is -2.27. The van der Waals surface area contributed by atoms with Gasteiger partial charge in [-0.2, -0.15) is 0 Å². The molecule has 0 fully saturated rings. The highest BCUT2D eigenvalue weighted by molar-refractivity contribution is 7.98. The van der Waals surface area contributed by atoms with Crippen LogP contribution < -0.4 is 10.1 Å². The molecule has 3 rings (SSSR count). The number of benzene rings is 2. The molecule has 0 aliphatic carbocycles. The summed E-state index contributed by atoms with van der Waals surface area (Å²) in [4.78, 5) is 30.9. The number of amides is 2. The number of hydrogen-bond donors (Lipinski definition) is 1. The second kappa shape index (κ2) is 10.5. The second-order valence-electron chi connectivity index (χ2n) is 6.73. The Morgan fingerprint density at radius 3 is 2.57 bits per heavy atom. The first-order valence-corrected chi connectivity index (χ1v) is 10.4. The van der Waals surface area contributed by atoms with E-state index in [-0.39, 0.29) is 18.4 Å². The average Bonchev–Trinajstić information content (AvgIpc) is 2.77. The lowest BCUT2D eigenvalue weighted by Gasteiger charge is -2.12. The van der Waals surface area contributed by atoms with Crippen molar-refractivity contribution < 1.29 is 14.3 Å². The van der Waals surface area contributed by atoms with Gasteiger partial charge in [-0.3, -0.25) is 14.6 Å². The number of anilines is 1. The molecule has 6 nitrogen and oxygen atoms in total. The number of nitrogens with one attached hydrogen (secondary N) is 1. The smallest absolute Gasteiger partial charge is 0.259 e. The third kappa shape index (κ3) is 6.35. The maximum atomic E-state index is 12.6. The number of carbonyl (C=O) groups excluding carboxylic acids is 2. The molecule has 1 heterocycles. The Kier molecular flexibility index (Phi) is 7.45. The molecule has 0 saturated carbocycles. The van der Waals surface area contributed by atoms with Crippen LogP contribution >= 0.6 is 11.8 Å². The van der Waals surface area contributed by atoms with Crippen molar-refractivity contribution in [3.8, 4) is 5.75 Å². The molecular formula is C23H23N3O3S. The zero-order valence-corrected chi connectivity index (χ0v) is 17.7. The quantitative estimate of drug-likeness (QED) is 0.555. The summed E-state index contributed by atoms with van der Waals surface area (Å²) >= 11 is 1.71. The van der Waals surface area contributed by atoms with Crippen LogP contribution in [0.5, 0.6) is 5.75 Å². The van der Waals surface area contributed by atoms with Crippen LogP contribution in [0.15, 0.2) is 78.0 Å². The van der Waals surface area contributed by atoms with Crippen LogP contribution in [0, 0.1) is 0 Å². The molecule has 1 aromatic heterocycles. The standard InChI is InChI=1S/C23H23N3O3S/c1-26(2)22(27)15-29-20-7-3-6-18(13-20)23(28)25-19-8-10-21(11-9-19)30-16-17-5-4-12-24-14-17/h3-14H,15-16H2,1-2H3,(H,25,28). The summed E-state index contributed by atoms with van der Waals surface area (Å²) in [7, 11) is 3.33. The summed E-state index contributed by atoms with van der Waals surface area (Å²) in [6, 6.07) is 18.4. The van der Waals surface area contributed by atoms with Gasteiger partial charge in [0.05, 0.1) is 0 Å². The fourth-order valence-corrected chi connectivity index (χ4v) is 3.32. The van der Waals surface area contributed by atoms with Crippen molar-refractivity contribution in [3.63, 3.8) is 0 Å². The van der Waals surface area contributed by atoms with Crippen LogP contribution in [0.3, 0.4) is 0 Å². The Bertz CT molecular complexity index is 992. The number of thioether (sulfide) groups is 1. The van der Waals surface area contributed by atoms with Gasteiger partial charge >= 0.3 is 0 Å². The molecule has 2 aromatic carbocycles. The highest BCUT2D eigenvalue weighted by atomic mass is 32.2. The Hall–Kier alpha value is -3.32. The van der Waals surface area contributed by atoms with Gasteiger partial charge in [0.25, 0.3) is 11.8 Å². The molecule has 0 bridgehead atoms. The van der Waals surface area contributed by atoms with Crippen molar-refractivity contribution in [3.05, 3.63) is 84.2 Å². The summed E-state index contributed by atoms with van der Waals surface area (Å²) in [5.74, 6) is 0.921. The lowest BCUT2D eigenvalue weighted by atomic mass is 10.2. The topological polar surface area (TPSA) is 71.5 Å². The van der Waals surface area contributed by atoms with E-state index in [1.807, 2.05) is 42.6 Å². The van der Waals surface area contributed by atoms with Crippen molar-refractivity contribution in [2.75, 3.05) is 26.0 Å². The third-order valence-corrected chi connectivity index (χ3v) is 5.28. The van der Waals surface area contributed by atoms with Crippen molar-refractivity contribution in [2.24, 2.45) is 0 Å². The van der Waals surface area contributed by atoms with Crippen LogP contribution in [0.4, 0.5) is 5.69 Å². The minimum Gasteiger partial charge on any atom is -0.484 e. The highest BCUT2D eigenvalue weighted by Gasteiger charge is 2.09. The fourth-order valence-electron chi connectivity index (χ4n) is 2.49. The molecular weight excluding hydrogens is 398 g/mol. The molecule has 1 N–H and O–H groups in total. The third-order valence-electron chi connectivity index (χ3n) is 4.20. The maximum Gasteiger partial charge on any atom is 0.259 e. The normalized spacial score (nSPS) is 10.3. The molecule has 0 spiro atoms. The zero-order valence-electron chi connectivity index (χ0n) is 16.9. The van der Waals surface area contributed by atoms with E-state index in [4.69, 9.17) is 4.74 Å². The van der Waals surface area contributed by atoms with E-state index in [2.05, 4.69) is 10.3 Å². The van der Waals surface area contributed by atoms with Gasteiger partial charge < -0.3 is 15.0 Å². The van der Waals surface area contributed by atoms with Gasteiger partial charge in [0.15, 0.2) is 6.61 Å². The van der Waals surface area contributed by atoms with Gasteiger partial charge in [-0.25, -0.2) is 0 Å². The average molecular weight is 422 g/mol. The molecule has 0 aliphatic heterocycles. The van der Waals surface area contributed by atoms with Crippen molar-refractivity contribution in [1.29, 1.82) is 0 Å². The SMILES string of the molecule is CN(C)C(=O)COc1cccc(C(=O)Nc2ccc(SCc3cccnc3)cc2)c1. The number of pyridine rings is 1. The number of hydrogen-bond acceptors (Lipinski definition) is 5. The van der Waals surface area contributed by atoms with Gasteiger partial charge in [0.2, 0.25) is 0 Å². The van der Waals surface area contributed by atoms with E-state index in [0.717, 1.165) is 16.2 Å². The number of likely N-dealkylation sites (N-methyl/N-ethyl adjacent to an activating group) is 1. The van der Waals surface area contributed by atoms with Gasteiger partial charge in [-0.1, -0.05) is 12.1 Å². The van der Waals surface area contributed by atoms with Crippen LogP contribution in [0.1, 0.15) is 15.9 Å². The predicted octanol–water partition coefficient (Wildman–Crippen LogP) is 4.09. The molecule has 2 amide bonds. The molecule has 3 aromatic rings. The van der Waals surface area contributed by atoms with Crippen LogP contribution in [0.2, 0.25) is 0 Å². The number of ether oxygens (including phenoxy) is 1. The summed E-state index contributed by atoms with van der Waals surface area (Å²) < 4.78 is 5.47. The number of carbonyl (C=O) groups is 2.